The molecule has 1 unspecified atom stereocenters. The second-order valence-corrected chi connectivity index (χ2v) is 4.10. The van der Waals surface area contributed by atoms with Gasteiger partial charge >= 0.3 is 11.9 Å². The molecule has 20 heavy (non-hydrogen) atoms. The Bertz CT molecular complexity index is 568. The maximum absolute atomic E-state index is 11.5. The molecule has 1 aromatic carbocycles. The average Bonchev–Trinajstić information content (AvgIpc) is 2.75. The minimum absolute atomic E-state index is 0.198. The number of ether oxygens (including phenoxy) is 3. The lowest BCUT2D eigenvalue weighted by Crippen LogP contribution is -2.19. The van der Waals surface area contributed by atoms with Crippen LogP contribution in [0.5, 0.6) is 11.5 Å². The van der Waals surface area contributed by atoms with Crippen LogP contribution >= 0.6 is 0 Å². The van der Waals surface area contributed by atoms with Crippen LogP contribution in [0, 0.1) is 0 Å². The number of esters is 2. The fraction of sp³-hybridized carbons (Fsp3) is 0.231. The van der Waals surface area contributed by atoms with Crippen molar-refractivity contribution in [3.05, 3.63) is 30.4 Å². The highest BCUT2D eigenvalue weighted by Gasteiger charge is 2.20. The molecule has 0 fully saturated rings. The summed E-state index contributed by atoms with van der Waals surface area (Å²) in [6.07, 6.45) is -1.12. The summed E-state index contributed by atoms with van der Waals surface area (Å²) in [4.78, 5) is 22.6. The van der Waals surface area contributed by atoms with E-state index in [4.69, 9.17) is 9.47 Å². The Kier molecular flexibility index (Phi) is 3.90. The molecule has 1 aliphatic rings. The van der Waals surface area contributed by atoms with Crippen LogP contribution in [0.25, 0.3) is 0 Å². The first-order chi connectivity index (χ1) is 9.45. The molecule has 1 atom stereocenters. The molecule has 0 bridgehead atoms. The Morgan fingerprint density at radius 2 is 2.25 bits per heavy atom. The summed E-state index contributed by atoms with van der Waals surface area (Å²) in [5, 5.41) is 11.9. The highest BCUT2D eigenvalue weighted by Crippen LogP contribution is 2.34. The highest BCUT2D eigenvalue weighted by molar-refractivity contribution is 5.88. The van der Waals surface area contributed by atoms with Crippen molar-refractivity contribution in [1.82, 2.24) is 0 Å². The van der Waals surface area contributed by atoms with Crippen LogP contribution in [-0.2, 0) is 14.3 Å². The van der Waals surface area contributed by atoms with Crippen molar-refractivity contribution >= 4 is 17.6 Å². The Morgan fingerprint density at radius 1 is 1.50 bits per heavy atom. The lowest BCUT2D eigenvalue weighted by molar-refractivity contribution is -0.150. The third-order valence-corrected chi connectivity index (χ3v) is 2.37. The van der Waals surface area contributed by atoms with Gasteiger partial charge in [0.05, 0.1) is 5.69 Å². The first-order valence-electron chi connectivity index (χ1n) is 5.74. The maximum atomic E-state index is 11.5. The number of nitrogens with one attached hydrogen (secondary N) is 1. The fourth-order valence-electron chi connectivity index (χ4n) is 1.47. The van der Waals surface area contributed by atoms with Crippen LogP contribution < -0.4 is 14.8 Å². The topological polar surface area (TPSA) is 94.1 Å². The third kappa shape index (κ3) is 3.27. The zero-order valence-electron chi connectivity index (χ0n) is 10.7. The summed E-state index contributed by atoms with van der Waals surface area (Å²) < 4.78 is 14.6. The molecular weight excluding hydrogens is 266 g/mol. The Balaban J connectivity index is 1.91. The van der Waals surface area contributed by atoms with Crippen molar-refractivity contribution in [1.29, 1.82) is 0 Å². The van der Waals surface area contributed by atoms with E-state index in [9.17, 15) is 14.7 Å². The van der Waals surface area contributed by atoms with Gasteiger partial charge in [0.15, 0.2) is 12.4 Å². The van der Waals surface area contributed by atoms with Gasteiger partial charge in [-0.3, -0.25) is 0 Å². The van der Waals surface area contributed by atoms with E-state index in [2.05, 4.69) is 16.6 Å². The van der Waals surface area contributed by atoms with Crippen molar-refractivity contribution in [2.24, 2.45) is 0 Å². The van der Waals surface area contributed by atoms with E-state index < -0.39 is 25.0 Å². The number of anilines is 1. The quantitative estimate of drug-likeness (QED) is 0.478. The number of hydrogen-bond acceptors (Lipinski definition) is 7. The van der Waals surface area contributed by atoms with Crippen molar-refractivity contribution in [3.63, 3.8) is 0 Å². The van der Waals surface area contributed by atoms with Crippen LogP contribution in [0.1, 0.15) is 6.92 Å². The minimum atomic E-state index is -1.12. The smallest absolute Gasteiger partial charge is 0.349 e. The molecular formula is C13H13NO6. The van der Waals surface area contributed by atoms with Gasteiger partial charge in [0.2, 0.25) is 0 Å². The molecule has 0 aromatic heterocycles. The molecule has 106 valence electrons. The van der Waals surface area contributed by atoms with Gasteiger partial charge < -0.3 is 24.6 Å². The predicted molar refractivity (Wildman–Crippen MR) is 68.1 cm³/mol. The van der Waals surface area contributed by atoms with Gasteiger partial charge in [-0.1, -0.05) is 6.58 Å². The lowest BCUT2D eigenvalue weighted by Gasteiger charge is -2.06. The van der Waals surface area contributed by atoms with Gasteiger partial charge in [0.1, 0.15) is 5.75 Å². The molecule has 1 aliphatic heterocycles. The zero-order valence-corrected chi connectivity index (χ0v) is 10.7. The number of hydrogen-bond donors (Lipinski definition) is 2. The van der Waals surface area contributed by atoms with E-state index in [1.165, 1.54) is 19.1 Å². The Labute approximate surface area is 114 Å². The second-order valence-electron chi connectivity index (χ2n) is 4.10. The van der Waals surface area contributed by atoms with Crippen LogP contribution in [0.4, 0.5) is 5.69 Å². The first kappa shape index (κ1) is 13.9. The van der Waals surface area contributed by atoms with E-state index in [1.54, 1.807) is 6.07 Å². The van der Waals surface area contributed by atoms with E-state index in [0.717, 1.165) is 0 Å². The molecule has 2 N–H and O–H groups in total. The number of aliphatic hydroxyl groups excluding tert-OH is 1. The van der Waals surface area contributed by atoms with Crippen molar-refractivity contribution in [2.75, 3.05) is 11.9 Å². The largest absolute Gasteiger partial charge is 0.450 e. The van der Waals surface area contributed by atoms with E-state index in [0.29, 0.717) is 11.4 Å². The molecule has 0 spiro atoms. The number of aliphatic hydroxyl groups is 1. The fourth-order valence-corrected chi connectivity index (χ4v) is 1.47. The molecule has 0 saturated heterocycles. The second kappa shape index (κ2) is 5.62. The van der Waals surface area contributed by atoms with Crippen LogP contribution in [0.2, 0.25) is 0 Å². The Morgan fingerprint density at radius 3 is 2.95 bits per heavy atom. The SMILES string of the molecule is C=C(C)C(=O)OCC(=O)Oc1ccc2c(c1)OC(O)N2. The molecule has 0 aliphatic carbocycles. The molecule has 7 heteroatoms. The normalized spacial score (nSPS) is 15.6. The predicted octanol–water partition coefficient (Wildman–Crippen LogP) is 0.791. The van der Waals surface area contributed by atoms with Gasteiger partial charge in [0, 0.05) is 11.6 Å². The monoisotopic (exact) mass is 279 g/mol. The highest BCUT2D eigenvalue weighted by atomic mass is 16.6. The number of benzene rings is 1. The van der Waals surface area contributed by atoms with Gasteiger partial charge in [-0.25, -0.2) is 9.59 Å². The van der Waals surface area contributed by atoms with E-state index in [-0.39, 0.29) is 11.3 Å². The van der Waals surface area contributed by atoms with Gasteiger partial charge in [-0.05, 0) is 19.1 Å². The molecule has 2 rings (SSSR count). The summed E-state index contributed by atoms with van der Waals surface area (Å²) >= 11 is 0. The Hall–Kier alpha value is -2.54. The van der Waals surface area contributed by atoms with Crippen LogP contribution in [0.3, 0.4) is 0 Å². The summed E-state index contributed by atoms with van der Waals surface area (Å²) in [6.45, 7) is 4.36. The lowest BCUT2D eigenvalue weighted by atomic mass is 10.3. The summed E-state index contributed by atoms with van der Waals surface area (Å²) in [5.41, 5.74) is 0.787. The first-order valence-corrected chi connectivity index (χ1v) is 5.74. The van der Waals surface area contributed by atoms with Crippen LogP contribution in [-0.4, -0.2) is 30.1 Å². The number of carbonyl (C=O) groups is 2. The standard InChI is InChI=1S/C13H13NO6/c1-7(2)12(16)18-6-11(15)19-8-3-4-9-10(5-8)20-13(17)14-9/h3-5,13-14,17H,1,6H2,2H3. The van der Waals surface area contributed by atoms with Gasteiger partial charge in [0.25, 0.3) is 6.41 Å². The van der Waals surface area contributed by atoms with Crippen LogP contribution in [0.15, 0.2) is 30.4 Å². The minimum Gasteiger partial charge on any atom is -0.450 e. The molecule has 0 amide bonds. The third-order valence-electron chi connectivity index (χ3n) is 2.37. The average molecular weight is 279 g/mol. The van der Waals surface area contributed by atoms with E-state index >= 15 is 0 Å². The molecule has 0 saturated carbocycles. The molecule has 1 aromatic rings. The summed E-state index contributed by atoms with van der Waals surface area (Å²) in [7, 11) is 0. The van der Waals surface area contributed by atoms with Crippen molar-refractivity contribution in [3.8, 4) is 11.5 Å². The number of fused-ring (bicyclic) bond motifs is 1. The number of carbonyl (C=O) groups excluding carboxylic acids is 2. The molecule has 0 radical (unpaired) electrons. The maximum Gasteiger partial charge on any atom is 0.349 e. The van der Waals surface area contributed by atoms with Crippen molar-refractivity contribution < 1.29 is 28.9 Å². The zero-order chi connectivity index (χ0) is 14.7. The summed E-state index contributed by atoms with van der Waals surface area (Å²) in [6, 6.07) is 4.55. The molecule has 1 heterocycles. The van der Waals surface area contributed by atoms with E-state index in [1.807, 2.05) is 0 Å². The van der Waals surface area contributed by atoms with Gasteiger partial charge in [-0.15, -0.1) is 0 Å². The summed E-state index contributed by atoms with van der Waals surface area (Å²) in [5.74, 6) is -0.810. The van der Waals surface area contributed by atoms with Crippen molar-refractivity contribution in [2.45, 2.75) is 13.3 Å². The number of rotatable bonds is 4. The van der Waals surface area contributed by atoms with Gasteiger partial charge in [-0.2, -0.15) is 0 Å². The molecule has 7 nitrogen and oxygen atoms in total.